The first-order valence-corrected chi connectivity index (χ1v) is 7.68. The summed E-state index contributed by atoms with van der Waals surface area (Å²) in [6, 6.07) is 8.24. The molecule has 0 radical (unpaired) electrons. The van der Waals surface area contributed by atoms with Crippen LogP contribution in [0.25, 0.3) is 0 Å². The fraction of sp³-hybridized carbons (Fsp3) is 0.571. The number of nitrogens with zero attached hydrogens (tertiary/aromatic N) is 1. The van der Waals surface area contributed by atoms with Crippen molar-refractivity contribution >= 4 is 11.8 Å². The molecule has 0 saturated carbocycles. The van der Waals surface area contributed by atoms with Gasteiger partial charge in [0.25, 0.3) is 0 Å². The van der Waals surface area contributed by atoms with Crippen LogP contribution < -0.4 is 10.1 Å². The molecule has 0 bridgehead atoms. The molecule has 0 aromatic heterocycles. The molecular formula is C14H22N2OS. The average Bonchev–Trinajstić information content (AvgIpc) is 2.45. The second kappa shape index (κ2) is 7.67. The second-order valence-corrected chi connectivity index (χ2v) is 5.71. The maximum atomic E-state index is 5.22. The molecule has 18 heavy (non-hydrogen) atoms. The molecule has 1 aliphatic rings. The lowest BCUT2D eigenvalue weighted by molar-refractivity contribution is 0.301. The van der Waals surface area contributed by atoms with Crippen molar-refractivity contribution in [3.8, 4) is 5.75 Å². The van der Waals surface area contributed by atoms with Crippen molar-refractivity contribution in [2.45, 2.75) is 6.54 Å². The van der Waals surface area contributed by atoms with Gasteiger partial charge < -0.3 is 15.0 Å². The molecule has 1 fully saturated rings. The zero-order chi connectivity index (χ0) is 12.6. The number of ether oxygens (including phenoxy) is 1. The van der Waals surface area contributed by atoms with Crippen LogP contribution in [0.15, 0.2) is 24.3 Å². The fourth-order valence-electron chi connectivity index (χ4n) is 2.08. The van der Waals surface area contributed by atoms with Gasteiger partial charge in [0, 0.05) is 44.2 Å². The maximum absolute atomic E-state index is 5.22. The van der Waals surface area contributed by atoms with Gasteiger partial charge in [-0.15, -0.1) is 0 Å². The van der Waals surface area contributed by atoms with Gasteiger partial charge in [-0.1, -0.05) is 12.1 Å². The van der Waals surface area contributed by atoms with Gasteiger partial charge in [0.1, 0.15) is 5.75 Å². The number of rotatable bonds is 6. The summed E-state index contributed by atoms with van der Waals surface area (Å²) in [7, 11) is 1.71. The smallest absolute Gasteiger partial charge is 0.119 e. The van der Waals surface area contributed by atoms with Gasteiger partial charge in [0.2, 0.25) is 0 Å². The Morgan fingerprint density at radius 3 is 2.94 bits per heavy atom. The minimum absolute atomic E-state index is 0.916. The summed E-state index contributed by atoms with van der Waals surface area (Å²) < 4.78 is 5.22. The van der Waals surface area contributed by atoms with Crippen LogP contribution in [0, 0.1) is 0 Å². The van der Waals surface area contributed by atoms with E-state index < -0.39 is 0 Å². The Labute approximate surface area is 114 Å². The maximum Gasteiger partial charge on any atom is 0.119 e. The minimum Gasteiger partial charge on any atom is -0.497 e. The van der Waals surface area contributed by atoms with Crippen molar-refractivity contribution in [1.29, 1.82) is 0 Å². The van der Waals surface area contributed by atoms with Crippen LogP contribution >= 0.6 is 11.8 Å². The van der Waals surface area contributed by atoms with E-state index in [0.29, 0.717) is 0 Å². The third-order valence-electron chi connectivity index (χ3n) is 3.17. The van der Waals surface area contributed by atoms with E-state index in [2.05, 4.69) is 34.1 Å². The van der Waals surface area contributed by atoms with Gasteiger partial charge in [-0.3, -0.25) is 0 Å². The summed E-state index contributed by atoms with van der Waals surface area (Å²) in [4.78, 5) is 2.54. The van der Waals surface area contributed by atoms with E-state index in [0.717, 1.165) is 25.4 Å². The minimum atomic E-state index is 0.916. The van der Waals surface area contributed by atoms with E-state index in [1.54, 1.807) is 7.11 Å². The molecule has 0 spiro atoms. The Balaban J connectivity index is 1.65. The van der Waals surface area contributed by atoms with Gasteiger partial charge in [-0.2, -0.15) is 11.8 Å². The van der Waals surface area contributed by atoms with Gasteiger partial charge >= 0.3 is 0 Å². The first-order chi connectivity index (χ1) is 8.88. The van der Waals surface area contributed by atoms with Crippen molar-refractivity contribution < 1.29 is 4.74 Å². The number of nitrogens with one attached hydrogen (secondary N) is 1. The summed E-state index contributed by atoms with van der Waals surface area (Å²) in [6.07, 6.45) is 0. The van der Waals surface area contributed by atoms with Crippen molar-refractivity contribution in [3.63, 3.8) is 0 Å². The van der Waals surface area contributed by atoms with Crippen LogP contribution in [0.5, 0.6) is 5.75 Å². The number of hydrogen-bond donors (Lipinski definition) is 1. The largest absolute Gasteiger partial charge is 0.497 e. The Kier molecular flexibility index (Phi) is 5.84. The molecule has 1 saturated heterocycles. The highest BCUT2D eigenvalue weighted by Gasteiger charge is 2.08. The Morgan fingerprint density at radius 1 is 1.33 bits per heavy atom. The fourth-order valence-corrected chi connectivity index (χ4v) is 3.06. The molecule has 3 nitrogen and oxygen atoms in total. The lowest BCUT2D eigenvalue weighted by atomic mass is 10.2. The molecule has 0 unspecified atom stereocenters. The van der Waals surface area contributed by atoms with Gasteiger partial charge in [0.05, 0.1) is 7.11 Å². The molecule has 1 N–H and O–H groups in total. The summed E-state index contributed by atoms with van der Waals surface area (Å²) in [5.74, 6) is 3.51. The molecule has 2 rings (SSSR count). The summed E-state index contributed by atoms with van der Waals surface area (Å²) in [6.45, 7) is 5.61. The highest BCUT2D eigenvalue weighted by atomic mass is 32.2. The van der Waals surface area contributed by atoms with Crippen molar-refractivity contribution in [2.24, 2.45) is 0 Å². The Bertz CT molecular complexity index is 353. The topological polar surface area (TPSA) is 24.5 Å². The number of benzene rings is 1. The summed E-state index contributed by atoms with van der Waals surface area (Å²) >= 11 is 2.06. The summed E-state index contributed by atoms with van der Waals surface area (Å²) in [5, 5.41) is 3.50. The molecule has 0 amide bonds. The first-order valence-electron chi connectivity index (χ1n) is 6.52. The lowest BCUT2D eigenvalue weighted by Crippen LogP contribution is -2.37. The van der Waals surface area contributed by atoms with Crippen LogP contribution in [-0.4, -0.2) is 49.7 Å². The lowest BCUT2D eigenvalue weighted by Gasteiger charge is -2.26. The molecule has 4 heteroatoms. The Hall–Kier alpha value is -0.710. The SMILES string of the molecule is COc1cccc(CNCCN2CCSCC2)c1. The standard InChI is InChI=1S/C14H22N2OS/c1-17-14-4-2-3-13(11-14)12-15-5-6-16-7-9-18-10-8-16/h2-4,11,15H,5-10,12H2,1H3. The van der Waals surface area contributed by atoms with E-state index in [9.17, 15) is 0 Å². The average molecular weight is 266 g/mol. The molecular weight excluding hydrogens is 244 g/mol. The van der Waals surface area contributed by atoms with E-state index in [-0.39, 0.29) is 0 Å². The third-order valence-corrected chi connectivity index (χ3v) is 4.11. The predicted octanol–water partition coefficient (Wildman–Crippen LogP) is 1.83. The van der Waals surface area contributed by atoms with Crippen molar-refractivity contribution in [3.05, 3.63) is 29.8 Å². The molecule has 0 aliphatic carbocycles. The normalized spacial score (nSPS) is 16.7. The van der Waals surface area contributed by atoms with E-state index in [1.807, 2.05) is 12.1 Å². The second-order valence-electron chi connectivity index (χ2n) is 4.48. The predicted molar refractivity (Wildman–Crippen MR) is 78.5 cm³/mol. The third kappa shape index (κ3) is 4.52. The van der Waals surface area contributed by atoms with E-state index in [4.69, 9.17) is 4.74 Å². The van der Waals surface area contributed by atoms with Crippen molar-refractivity contribution in [2.75, 3.05) is 44.8 Å². The monoisotopic (exact) mass is 266 g/mol. The highest BCUT2D eigenvalue weighted by Crippen LogP contribution is 2.12. The van der Waals surface area contributed by atoms with Gasteiger partial charge in [-0.25, -0.2) is 0 Å². The Morgan fingerprint density at radius 2 is 2.17 bits per heavy atom. The van der Waals surface area contributed by atoms with Crippen LogP contribution in [0.1, 0.15) is 5.56 Å². The van der Waals surface area contributed by atoms with Crippen LogP contribution in [0.2, 0.25) is 0 Å². The quantitative estimate of drug-likeness (QED) is 0.794. The molecule has 1 aliphatic heterocycles. The van der Waals surface area contributed by atoms with Crippen molar-refractivity contribution in [1.82, 2.24) is 10.2 Å². The zero-order valence-corrected chi connectivity index (χ0v) is 11.8. The zero-order valence-electron chi connectivity index (χ0n) is 11.0. The molecule has 1 heterocycles. The van der Waals surface area contributed by atoms with E-state index in [1.165, 1.54) is 30.2 Å². The van der Waals surface area contributed by atoms with Crippen LogP contribution in [0.4, 0.5) is 0 Å². The molecule has 100 valence electrons. The molecule has 1 aromatic rings. The number of thioether (sulfide) groups is 1. The number of hydrogen-bond acceptors (Lipinski definition) is 4. The molecule has 1 aromatic carbocycles. The van der Waals surface area contributed by atoms with Gasteiger partial charge in [-0.05, 0) is 17.7 Å². The highest BCUT2D eigenvalue weighted by molar-refractivity contribution is 7.99. The van der Waals surface area contributed by atoms with E-state index >= 15 is 0 Å². The van der Waals surface area contributed by atoms with Gasteiger partial charge in [0.15, 0.2) is 0 Å². The molecule has 0 atom stereocenters. The van der Waals surface area contributed by atoms with Crippen LogP contribution in [-0.2, 0) is 6.54 Å². The number of methoxy groups -OCH3 is 1. The first kappa shape index (κ1) is 13.7. The van der Waals surface area contributed by atoms with Crippen LogP contribution in [0.3, 0.4) is 0 Å². The summed E-state index contributed by atoms with van der Waals surface area (Å²) in [5.41, 5.74) is 1.28.